The largest absolute Gasteiger partial charge is 0.464 e. The summed E-state index contributed by atoms with van der Waals surface area (Å²) in [6.07, 6.45) is 0. The van der Waals surface area contributed by atoms with E-state index in [-0.39, 0.29) is 5.97 Å². The summed E-state index contributed by atoms with van der Waals surface area (Å²) in [5.41, 5.74) is 1.17. The van der Waals surface area contributed by atoms with Gasteiger partial charge in [-0.1, -0.05) is 0 Å². The van der Waals surface area contributed by atoms with Gasteiger partial charge in [-0.05, 0) is 45.1 Å². The van der Waals surface area contributed by atoms with Crippen molar-refractivity contribution in [1.29, 1.82) is 0 Å². The number of carbonyl (C=O) groups excluding carboxylic acids is 1. The van der Waals surface area contributed by atoms with Gasteiger partial charge >= 0.3 is 5.97 Å². The Bertz CT molecular complexity index is 548. The number of rotatable bonds is 3. The summed E-state index contributed by atoms with van der Waals surface area (Å²) in [5.74, 6) is 1.05. The monoisotopic (exact) mass is 280 g/mol. The van der Waals surface area contributed by atoms with E-state index in [4.69, 9.17) is 21.4 Å². The van der Waals surface area contributed by atoms with Crippen LogP contribution in [0.3, 0.4) is 0 Å². The number of esters is 1. The van der Waals surface area contributed by atoms with Gasteiger partial charge in [0.15, 0.2) is 5.11 Å². The van der Waals surface area contributed by atoms with Crippen molar-refractivity contribution in [2.45, 2.75) is 26.8 Å². The molecule has 2 rings (SSSR count). The lowest BCUT2D eigenvalue weighted by atomic mass is 10.0. The van der Waals surface area contributed by atoms with Crippen LogP contribution >= 0.6 is 12.2 Å². The first kappa shape index (κ1) is 13.6. The predicted octanol–water partition coefficient (Wildman–Crippen LogP) is 1.94. The zero-order chi connectivity index (χ0) is 14.0. The highest BCUT2D eigenvalue weighted by Crippen LogP contribution is 2.28. The van der Waals surface area contributed by atoms with Crippen LogP contribution in [-0.2, 0) is 9.53 Å². The minimum absolute atomic E-state index is 0.323. The lowest BCUT2D eigenvalue weighted by molar-refractivity contribution is -0.139. The van der Waals surface area contributed by atoms with Crippen molar-refractivity contribution in [3.05, 3.63) is 34.9 Å². The van der Waals surface area contributed by atoms with Crippen molar-refractivity contribution in [2.24, 2.45) is 0 Å². The fourth-order valence-electron chi connectivity index (χ4n) is 2.00. The smallest absolute Gasteiger partial charge is 0.338 e. The number of ether oxygens (including phenoxy) is 1. The maximum absolute atomic E-state index is 12.1. The van der Waals surface area contributed by atoms with Crippen molar-refractivity contribution < 1.29 is 13.9 Å². The van der Waals surface area contributed by atoms with Crippen molar-refractivity contribution in [3.63, 3.8) is 0 Å². The fourth-order valence-corrected chi connectivity index (χ4v) is 2.27. The van der Waals surface area contributed by atoms with E-state index in [1.54, 1.807) is 13.8 Å². The minimum atomic E-state index is -0.415. The predicted molar refractivity (Wildman–Crippen MR) is 74.4 cm³/mol. The summed E-state index contributed by atoms with van der Waals surface area (Å²) in [6, 6.07) is 3.26. The number of furan rings is 1. The minimum Gasteiger partial charge on any atom is -0.464 e. The lowest BCUT2D eigenvalue weighted by Gasteiger charge is -2.28. The Kier molecular flexibility index (Phi) is 3.90. The average molecular weight is 280 g/mol. The number of thiocarbonyl (C=S) groups is 1. The van der Waals surface area contributed by atoms with E-state index in [0.29, 0.717) is 28.7 Å². The summed E-state index contributed by atoms with van der Waals surface area (Å²) in [5, 5.41) is 6.43. The third-order valence-electron chi connectivity index (χ3n) is 2.81. The Morgan fingerprint density at radius 1 is 1.47 bits per heavy atom. The van der Waals surface area contributed by atoms with E-state index in [1.165, 1.54) is 0 Å². The summed E-state index contributed by atoms with van der Waals surface area (Å²) < 4.78 is 10.7. The third kappa shape index (κ3) is 2.78. The standard InChI is InChI=1S/C13H16N2O3S/c1-4-17-12(16)10-8(3)14-13(19)15-11(10)9-6-5-7(2)18-9/h5-6,11H,4H2,1-3H3,(H2,14,15,19). The Labute approximate surface area is 117 Å². The molecule has 1 aliphatic heterocycles. The number of hydrogen-bond acceptors (Lipinski definition) is 4. The van der Waals surface area contributed by atoms with Gasteiger partial charge in [-0.25, -0.2) is 4.79 Å². The molecule has 0 aromatic carbocycles. The van der Waals surface area contributed by atoms with Crippen molar-refractivity contribution in [3.8, 4) is 0 Å². The maximum Gasteiger partial charge on any atom is 0.338 e. The molecule has 0 radical (unpaired) electrons. The van der Waals surface area contributed by atoms with Crippen molar-refractivity contribution in [2.75, 3.05) is 6.61 Å². The second-order valence-electron chi connectivity index (χ2n) is 4.24. The molecule has 2 heterocycles. The molecule has 1 atom stereocenters. The molecule has 0 aliphatic carbocycles. The molecule has 1 aromatic rings. The van der Waals surface area contributed by atoms with Gasteiger partial charge in [0.05, 0.1) is 12.2 Å². The zero-order valence-corrected chi connectivity index (χ0v) is 11.9. The average Bonchev–Trinajstić information content (AvgIpc) is 2.75. The van der Waals surface area contributed by atoms with Gasteiger partial charge in [-0.15, -0.1) is 0 Å². The molecule has 1 unspecified atom stereocenters. The Morgan fingerprint density at radius 3 is 2.79 bits per heavy atom. The molecule has 5 nitrogen and oxygen atoms in total. The number of carbonyl (C=O) groups is 1. The Balaban J connectivity index is 2.40. The SMILES string of the molecule is CCOC(=O)C1=C(C)NC(=S)NC1c1ccc(C)o1. The van der Waals surface area contributed by atoms with Crippen LogP contribution in [0.4, 0.5) is 0 Å². The molecule has 1 aromatic heterocycles. The highest BCUT2D eigenvalue weighted by atomic mass is 32.1. The Morgan fingerprint density at radius 2 is 2.21 bits per heavy atom. The first-order chi connectivity index (χ1) is 9.02. The molecular weight excluding hydrogens is 264 g/mol. The topological polar surface area (TPSA) is 63.5 Å². The van der Waals surface area contributed by atoms with Gasteiger partial charge in [0, 0.05) is 5.70 Å². The second kappa shape index (κ2) is 5.44. The van der Waals surface area contributed by atoms with Gasteiger partial charge in [-0.2, -0.15) is 0 Å². The number of nitrogens with one attached hydrogen (secondary N) is 2. The van der Waals surface area contributed by atoms with Crippen LogP contribution in [0, 0.1) is 6.92 Å². The molecule has 0 saturated carbocycles. The number of aryl methyl sites for hydroxylation is 1. The molecule has 1 aliphatic rings. The zero-order valence-electron chi connectivity index (χ0n) is 11.1. The fraction of sp³-hybridized carbons (Fsp3) is 0.385. The van der Waals surface area contributed by atoms with E-state index >= 15 is 0 Å². The van der Waals surface area contributed by atoms with Crippen LogP contribution in [0.2, 0.25) is 0 Å². The first-order valence-corrected chi connectivity index (χ1v) is 6.45. The highest BCUT2D eigenvalue weighted by molar-refractivity contribution is 7.80. The maximum atomic E-state index is 12.1. The van der Waals surface area contributed by atoms with Crippen LogP contribution in [0.5, 0.6) is 0 Å². The van der Waals surface area contributed by atoms with E-state index in [1.807, 2.05) is 19.1 Å². The van der Waals surface area contributed by atoms with Gasteiger partial charge < -0.3 is 19.8 Å². The lowest BCUT2D eigenvalue weighted by Crippen LogP contribution is -2.45. The van der Waals surface area contributed by atoms with Gasteiger partial charge in [0.2, 0.25) is 0 Å². The highest BCUT2D eigenvalue weighted by Gasteiger charge is 2.32. The second-order valence-corrected chi connectivity index (χ2v) is 4.65. The normalized spacial score (nSPS) is 18.9. The Hall–Kier alpha value is -1.82. The summed E-state index contributed by atoms with van der Waals surface area (Å²) in [4.78, 5) is 12.1. The molecule has 102 valence electrons. The van der Waals surface area contributed by atoms with E-state index in [2.05, 4.69) is 10.6 Å². The molecule has 0 fully saturated rings. The molecule has 0 amide bonds. The van der Waals surface area contributed by atoms with Crippen LogP contribution in [0.15, 0.2) is 27.8 Å². The number of allylic oxidation sites excluding steroid dienone is 1. The van der Waals surface area contributed by atoms with Crippen LogP contribution < -0.4 is 10.6 Å². The molecule has 0 spiro atoms. The molecule has 0 saturated heterocycles. The van der Waals surface area contributed by atoms with Crippen LogP contribution in [-0.4, -0.2) is 17.7 Å². The van der Waals surface area contributed by atoms with Crippen molar-refractivity contribution in [1.82, 2.24) is 10.6 Å². The molecule has 6 heteroatoms. The molecule has 19 heavy (non-hydrogen) atoms. The van der Waals surface area contributed by atoms with Crippen LogP contribution in [0.25, 0.3) is 0 Å². The van der Waals surface area contributed by atoms with Gasteiger partial charge in [-0.3, -0.25) is 0 Å². The third-order valence-corrected chi connectivity index (χ3v) is 3.03. The van der Waals surface area contributed by atoms with Crippen LogP contribution in [0.1, 0.15) is 31.4 Å². The van der Waals surface area contributed by atoms with Gasteiger partial charge in [0.25, 0.3) is 0 Å². The summed E-state index contributed by atoms with van der Waals surface area (Å²) >= 11 is 5.12. The summed E-state index contributed by atoms with van der Waals surface area (Å²) in [7, 11) is 0. The molecular formula is C13H16N2O3S. The quantitative estimate of drug-likeness (QED) is 0.652. The molecule has 0 bridgehead atoms. The summed E-state index contributed by atoms with van der Waals surface area (Å²) in [6.45, 7) is 5.74. The van der Waals surface area contributed by atoms with Gasteiger partial charge in [0.1, 0.15) is 17.6 Å². The van der Waals surface area contributed by atoms with Crippen molar-refractivity contribution >= 4 is 23.3 Å². The first-order valence-electron chi connectivity index (χ1n) is 6.04. The van der Waals surface area contributed by atoms with E-state index in [0.717, 1.165) is 5.76 Å². The van der Waals surface area contributed by atoms with E-state index < -0.39 is 6.04 Å². The number of hydrogen-bond donors (Lipinski definition) is 2. The molecule has 2 N–H and O–H groups in total. The van der Waals surface area contributed by atoms with E-state index in [9.17, 15) is 4.79 Å².